The molecule has 0 radical (unpaired) electrons. The van der Waals surface area contributed by atoms with E-state index in [1.54, 1.807) is 0 Å². The van der Waals surface area contributed by atoms with Crippen LogP contribution in [0.4, 0.5) is 0 Å². The summed E-state index contributed by atoms with van der Waals surface area (Å²) in [4.78, 5) is 0. The monoisotopic (exact) mass is 301 g/mol. The number of ether oxygens (including phenoxy) is 2. The van der Waals surface area contributed by atoms with Gasteiger partial charge in [0.1, 0.15) is 0 Å². The molecule has 3 heteroatoms. The van der Waals surface area contributed by atoms with Gasteiger partial charge in [0.2, 0.25) is 0 Å². The Kier molecular flexibility index (Phi) is 9.75. The molecular weight excluding hydrogens is 262 g/mol. The SMILES string of the molecule is CCCOC(CCC(C)(CC)CC(C)(C)NC)OC(C)C. The second kappa shape index (κ2) is 9.81. The van der Waals surface area contributed by atoms with E-state index in [4.69, 9.17) is 9.47 Å². The highest BCUT2D eigenvalue weighted by molar-refractivity contribution is 4.86. The first-order chi connectivity index (χ1) is 9.68. The summed E-state index contributed by atoms with van der Waals surface area (Å²) in [5, 5.41) is 3.42. The minimum Gasteiger partial charge on any atom is -0.353 e. The van der Waals surface area contributed by atoms with Gasteiger partial charge in [-0.15, -0.1) is 0 Å². The number of hydrogen-bond acceptors (Lipinski definition) is 3. The molecule has 0 bridgehead atoms. The lowest BCUT2D eigenvalue weighted by Crippen LogP contribution is -2.41. The fourth-order valence-corrected chi connectivity index (χ4v) is 2.76. The maximum atomic E-state index is 5.91. The van der Waals surface area contributed by atoms with Gasteiger partial charge in [-0.05, 0) is 65.8 Å². The topological polar surface area (TPSA) is 30.5 Å². The van der Waals surface area contributed by atoms with E-state index in [2.05, 4.69) is 53.8 Å². The maximum Gasteiger partial charge on any atom is 0.157 e. The summed E-state index contributed by atoms with van der Waals surface area (Å²) in [5.74, 6) is 0. The van der Waals surface area contributed by atoms with Crippen molar-refractivity contribution in [3.8, 4) is 0 Å². The molecule has 128 valence electrons. The van der Waals surface area contributed by atoms with Crippen LogP contribution in [-0.4, -0.2) is 31.6 Å². The van der Waals surface area contributed by atoms with Crippen LogP contribution in [0.2, 0.25) is 0 Å². The van der Waals surface area contributed by atoms with E-state index in [-0.39, 0.29) is 17.9 Å². The lowest BCUT2D eigenvalue weighted by atomic mass is 9.73. The number of hydrogen-bond donors (Lipinski definition) is 1. The maximum absolute atomic E-state index is 5.91. The molecule has 0 heterocycles. The van der Waals surface area contributed by atoms with Crippen molar-refractivity contribution in [2.24, 2.45) is 5.41 Å². The van der Waals surface area contributed by atoms with Gasteiger partial charge in [-0.2, -0.15) is 0 Å². The van der Waals surface area contributed by atoms with E-state index in [9.17, 15) is 0 Å². The van der Waals surface area contributed by atoms with Crippen molar-refractivity contribution in [2.75, 3.05) is 13.7 Å². The smallest absolute Gasteiger partial charge is 0.157 e. The average Bonchev–Trinajstić information content (AvgIpc) is 2.41. The molecule has 21 heavy (non-hydrogen) atoms. The molecule has 0 amide bonds. The van der Waals surface area contributed by atoms with Crippen LogP contribution in [-0.2, 0) is 9.47 Å². The van der Waals surface area contributed by atoms with Crippen LogP contribution in [0.5, 0.6) is 0 Å². The quantitative estimate of drug-likeness (QED) is 0.528. The first-order valence-electron chi connectivity index (χ1n) is 8.64. The molecule has 0 spiro atoms. The van der Waals surface area contributed by atoms with Gasteiger partial charge < -0.3 is 14.8 Å². The Morgan fingerprint density at radius 2 is 1.71 bits per heavy atom. The third kappa shape index (κ3) is 9.49. The van der Waals surface area contributed by atoms with Gasteiger partial charge in [0.05, 0.1) is 6.10 Å². The van der Waals surface area contributed by atoms with Crippen LogP contribution in [0.25, 0.3) is 0 Å². The van der Waals surface area contributed by atoms with Crippen LogP contribution in [0.15, 0.2) is 0 Å². The highest BCUT2D eigenvalue weighted by Crippen LogP contribution is 2.37. The molecule has 0 aliphatic carbocycles. The van der Waals surface area contributed by atoms with Crippen molar-refractivity contribution in [3.63, 3.8) is 0 Å². The van der Waals surface area contributed by atoms with E-state index in [0.717, 1.165) is 32.3 Å². The molecule has 0 aliphatic rings. The fourth-order valence-electron chi connectivity index (χ4n) is 2.76. The Bertz CT molecular complexity index is 266. The fraction of sp³-hybridized carbons (Fsp3) is 1.00. The number of nitrogens with one attached hydrogen (secondary N) is 1. The molecular formula is C18H39NO2. The van der Waals surface area contributed by atoms with Crippen molar-refractivity contribution >= 4 is 0 Å². The lowest BCUT2D eigenvalue weighted by Gasteiger charge is -2.38. The van der Waals surface area contributed by atoms with Crippen molar-refractivity contribution in [1.82, 2.24) is 5.32 Å². The van der Waals surface area contributed by atoms with Gasteiger partial charge in [-0.25, -0.2) is 0 Å². The lowest BCUT2D eigenvalue weighted by molar-refractivity contribution is -0.169. The van der Waals surface area contributed by atoms with Gasteiger partial charge in [0.15, 0.2) is 6.29 Å². The van der Waals surface area contributed by atoms with Crippen molar-refractivity contribution in [3.05, 3.63) is 0 Å². The Labute approximate surface area is 133 Å². The van der Waals surface area contributed by atoms with E-state index < -0.39 is 0 Å². The normalized spacial score (nSPS) is 17.0. The van der Waals surface area contributed by atoms with E-state index in [0.29, 0.717) is 5.41 Å². The van der Waals surface area contributed by atoms with Gasteiger partial charge in [-0.1, -0.05) is 27.2 Å². The molecule has 0 aromatic heterocycles. The first-order valence-corrected chi connectivity index (χ1v) is 8.64. The molecule has 2 unspecified atom stereocenters. The molecule has 1 N–H and O–H groups in total. The zero-order chi connectivity index (χ0) is 16.5. The third-order valence-electron chi connectivity index (χ3n) is 4.31. The molecule has 0 aliphatic heterocycles. The Morgan fingerprint density at radius 3 is 2.14 bits per heavy atom. The average molecular weight is 302 g/mol. The summed E-state index contributed by atoms with van der Waals surface area (Å²) in [6, 6.07) is 0. The van der Waals surface area contributed by atoms with E-state index in [1.165, 1.54) is 6.42 Å². The zero-order valence-corrected chi connectivity index (χ0v) is 15.7. The molecule has 0 aromatic rings. The van der Waals surface area contributed by atoms with Crippen LogP contribution >= 0.6 is 0 Å². The van der Waals surface area contributed by atoms with E-state index in [1.807, 2.05) is 7.05 Å². The van der Waals surface area contributed by atoms with Crippen LogP contribution in [0.3, 0.4) is 0 Å². The minimum absolute atomic E-state index is 0.0616. The predicted molar refractivity (Wildman–Crippen MR) is 91.6 cm³/mol. The van der Waals surface area contributed by atoms with Gasteiger partial charge in [0, 0.05) is 12.1 Å². The molecule has 0 fully saturated rings. The molecule has 3 nitrogen and oxygen atoms in total. The highest BCUT2D eigenvalue weighted by atomic mass is 16.7. The third-order valence-corrected chi connectivity index (χ3v) is 4.31. The summed E-state index contributed by atoms with van der Waals surface area (Å²) >= 11 is 0. The number of rotatable bonds is 12. The first kappa shape index (κ1) is 20.9. The zero-order valence-electron chi connectivity index (χ0n) is 15.7. The Balaban J connectivity index is 4.55. The van der Waals surface area contributed by atoms with Crippen molar-refractivity contribution < 1.29 is 9.47 Å². The summed E-state index contributed by atoms with van der Waals surface area (Å²) in [6.45, 7) is 16.3. The molecule has 2 atom stereocenters. The molecule has 0 rings (SSSR count). The highest BCUT2D eigenvalue weighted by Gasteiger charge is 2.31. The van der Waals surface area contributed by atoms with Crippen LogP contribution < -0.4 is 5.32 Å². The molecule has 0 aromatic carbocycles. The summed E-state index contributed by atoms with van der Waals surface area (Å²) in [6.07, 6.45) is 5.64. The van der Waals surface area contributed by atoms with Gasteiger partial charge >= 0.3 is 0 Å². The van der Waals surface area contributed by atoms with Gasteiger partial charge in [0.25, 0.3) is 0 Å². The van der Waals surface area contributed by atoms with Crippen LogP contribution in [0, 0.1) is 5.41 Å². The minimum atomic E-state index is -0.0616. The van der Waals surface area contributed by atoms with E-state index >= 15 is 0 Å². The second-order valence-corrected chi connectivity index (χ2v) is 7.50. The van der Waals surface area contributed by atoms with Crippen molar-refractivity contribution in [2.45, 2.75) is 98.5 Å². The standard InChI is InChI=1S/C18H39NO2/c1-9-13-20-16(21-15(3)4)11-12-18(7,10-2)14-17(5,6)19-8/h15-16,19H,9-14H2,1-8H3. The van der Waals surface area contributed by atoms with Crippen molar-refractivity contribution in [1.29, 1.82) is 0 Å². The Hall–Kier alpha value is -0.120. The largest absolute Gasteiger partial charge is 0.353 e. The Morgan fingerprint density at radius 1 is 1.10 bits per heavy atom. The summed E-state index contributed by atoms with van der Waals surface area (Å²) in [7, 11) is 2.05. The molecule has 0 saturated carbocycles. The van der Waals surface area contributed by atoms with Gasteiger partial charge in [-0.3, -0.25) is 0 Å². The molecule has 0 saturated heterocycles. The summed E-state index contributed by atoms with van der Waals surface area (Å²) in [5.41, 5.74) is 0.490. The van der Waals surface area contributed by atoms with Crippen LogP contribution in [0.1, 0.15) is 80.6 Å². The summed E-state index contributed by atoms with van der Waals surface area (Å²) < 4.78 is 11.8. The predicted octanol–water partition coefficient (Wildman–Crippen LogP) is 4.75. The second-order valence-electron chi connectivity index (χ2n) is 7.50.